The monoisotopic (exact) mass is 347 g/mol. The molecule has 118 valence electrons. The summed E-state index contributed by atoms with van der Waals surface area (Å²) >= 11 is 12.1. The second-order valence-corrected chi connectivity index (χ2v) is 6.00. The zero-order valence-electron chi connectivity index (χ0n) is 12.5. The van der Waals surface area contributed by atoms with Crippen LogP contribution in [0, 0.1) is 0 Å². The molecule has 1 heterocycles. The van der Waals surface area contributed by atoms with Crippen molar-refractivity contribution in [1.29, 1.82) is 0 Å². The van der Waals surface area contributed by atoms with Gasteiger partial charge in [-0.05, 0) is 36.6 Å². The Morgan fingerprint density at radius 2 is 1.83 bits per heavy atom. The summed E-state index contributed by atoms with van der Waals surface area (Å²) in [5.41, 5.74) is 9.28. The average Bonchev–Trinajstić information content (AvgIpc) is 2.53. The number of ether oxygens (including phenoxy) is 1. The van der Waals surface area contributed by atoms with Crippen LogP contribution >= 0.6 is 23.2 Å². The predicted molar refractivity (Wildman–Crippen MR) is 94.4 cm³/mol. The third-order valence-corrected chi connectivity index (χ3v) is 4.11. The van der Waals surface area contributed by atoms with Crippen molar-refractivity contribution >= 4 is 40.1 Å². The maximum Gasteiger partial charge on any atom is 0.145 e. The van der Waals surface area contributed by atoms with Gasteiger partial charge in [0.15, 0.2) is 0 Å². The molecule has 4 nitrogen and oxygen atoms in total. The zero-order valence-corrected chi connectivity index (χ0v) is 14.0. The molecule has 0 saturated carbocycles. The SMILES string of the molecule is COc1cc2nc(N)c(CCc3cccc(Cl)c3)nc2cc1Cl. The minimum absolute atomic E-state index is 0.420. The number of nitrogens with zero attached hydrogens (tertiary/aromatic N) is 2. The van der Waals surface area contributed by atoms with E-state index in [0.717, 1.165) is 22.7 Å². The lowest BCUT2D eigenvalue weighted by Gasteiger charge is -2.09. The largest absolute Gasteiger partial charge is 0.495 e. The van der Waals surface area contributed by atoms with Gasteiger partial charge in [-0.3, -0.25) is 0 Å². The molecule has 2 aromatic carbocycles. The molecule has 0 bridgehead atoms. The highest BCUT2D eigenvalue weighted by atomic mass is 35.5. The summed E-state index contributed by atoms with van der Waals surface area (Å²) in [5.74, 6) is 0.975. The number of aryl methyl sites for hydroxylation is 2. The van der Waals surface area contributed by atoms with E-state index in [1.54, 1.807) is 19.2 Å². The van der Waals surface area contributed by atoms with Crippen molar-refractivity contribution in [3.05, 3.63) is 57.7 Å². The molecule has 0 unspecified atom stereocenters. The molecule has 0 radical (unpaired) electrons. The summed E-state index contributed by atoms with van der Waals surface area (Å²) in [7, 11) is 1.56. The number of fused-ring (bicyclic) bond motifs is 1. The zero-order chi connectivity index (χ0) is 16.4. The van der Waals surface area contributed by atoms with Crippen LogP contribution in [0.3, 0.4) is 0 Å². The van der Waals surface area contributed by atoms with Crippen LogP contribution in [-0.4, -0.2) is 17.1 Å². The number of nitrogens with two attached hydrogens (primary N) is 1. The Morgan fingerprint density at radius 1 is 1.04 bits per heavy atom. The lowest BCUT2D eigenvalue weighted by Crippen LogP contribution is -2.04. The fraction of sp³-hybridized carbons (Fsp3) is 0.176. The second-order valence-electron chi connectivity index (χ2n) is 5.16. The maximum absolute atomic E-state index is 6.15. The van der Waals surface area contributed by atoms with Crippen LogP contribution in [0.5, 0.6) is 5.75 Å². The lowest BCUT2D eigenvalue weighted by atomic mass is 10.1. The quantitative estimate of drug-likeness (QED) is 0.763. The van der Waals surface area contributed by atoms with Crippen molar-refractivity contribution in [3.8, 4) is 5.75 Å². The number of aromatic nitrogens is 2. The van der Waals surface area contributed by atoms with Crippen LogP contribution in [0.4, 0.5) is 5.82 Å². The van der Waals surface area contributed by atoms with Gasteiger partial charge in [-0.1, -0.05) is 35.3 Å². The molecule has 0 aliphatic heterocycles. The maximum atomic E-state index is 6.15. The highest BCUT2D eigenvalue weighted by molar-refractivity contribution is 6.32. The normalized spacial score (nSPS) is 10.9. The van der Waals surface area contributed by atoms with Gasteiger partial charge in [-0.25, -0.2) is 9.97 Å². The number of anilines is 1. The number of hydrogen-bond acceptors (Lipinski definition) is 4. The number of rotatable bonds is 4. The van der Waals surface area contributed by atoms with Crippen LogP contribution in [-0.2, 0) is 12.8 Å². The van der Waals surface area contributed by atoms with E-state index in [1.165, 1.54) is 0 Å². The Hall–Kier alpha value is -2.04. The highest BCUT2D eigenvalue weighted by Gasteiger charge is 2.10. The van der Waals surface area contributed by atoms with E-state index in [-0.39, 0.29) is 0 Å². The second kappa shape index (κ2) is 6.60. The lowest BCUT2D eigenvalue weighted by molar-refractivity contribution is 0.415. The van der Waals surface area contributed by atoms with E-state index in [0.29, 0.717) is 34.0 Å². The van der Waals surface area contributed by atoms with Gasteiger partial charge < -0.3 is 10.5 Å². The van der Waals surface area contributed by atoms with E-state index in [9.17, 15) is 0 Å². The molecule has 0 aliphatic rings. The van der Waals surface area contributed by atoms with Crippen LogP contribution in [0.25, 0.3) is 11.0 Å². The Morgan fingerprint density at radius 3 is 2.57 bits per heavy atom. The number of benzene rings is 2. The molecule has 0 saturated heterocycles. The van der Waals surface area contributed by atoms with E-state index < -0.39 is 0 Å². The Bertz CT molecular complexity index is 868. The van der Waals surface area contributed by atoms with Gasteiger partial charge >= 0.3 is 0 Å². The topological polar surface area (TPSA) is 61.0 Å². The van der Waals surface area contributed by atoms with Crippen molar-refractivity contribution in [1.82, 2.24) is 9.97 Å². The minimum Gasteiger partial charge on any atom is -0.495 e. The number of methoxy groups -OCH3 is 1. The summed E-state index contributed by atoms with van der Waals surface area (Å²) in [5, 5.41) is 1.22. The van der Waals surface area contributed by atoms with E-state index >= 15 is 0 Å². The van der Waals surface area contributed by atoms with Crippen LogP contribution in [0.1, 0.15) is 11.3 Å². The third-order valence-electron chi connectivity index (χ3n) is 3.58. The van der Waals surface area contributed by atoms with Gasteiger partial charge in [0.05, 0.1) is 28.9 Å². The van der Waals surface area contributed by atoms with Gasteiger partial charge in [-0.2, -0.15) is 0 Å². The summed E-state index contributed by atoms with van der Waals surface area (Å²) in [6, 6.07) is 11.2. The first-order valence-electron chi connectivity index (χ1n) is 7.11. The van der Waals surface area contributed by atoms with E-state index in [2.05, 4.69) is 9.97 Å². The molecule has 1 aromatic heterocycles. The smallest absolute Gasteiger partial charge is 0.145 e. The van der Waals surface area contributed by atoms with E-state index in [1.807, 2.05) is 24.3 Å². The van der Waals surface area contributed by atoms with Crippen molar-refractivity contribution in [2.24, 2.45) is 0 Å². The first kappa shape index (κ1) is 15.8. The molecule has 0 fully saturated rings. The van der Waals surface area contributed by atoms with Gasteiger partial charge in [0, 0.05) is 11.1 Å². The van der Waals surface area contributed by atoms with Crippen molar-refractivity contribution < 1.29 is 4.74 Å². The molecule has 0 aliphatic carbocycles. The number of halogens is 2. The van der Waals surface area contributed by atoms with Crippen LogP contribution in [0.15, 0.2) is 36.4 Å². The number of hydrogen-bond donors (Lipinski definition) is 1. The van der Waals surface area contributed by atoms with Crippen LogP contribution < -0.4 is 10.5 Å². The van der Waals surface area contributed by atoms with Gasteiger partial charge in [0.1, 0.15) is 11.6 Å². The minimum atomic E-state index is 0.420. The van der Waals surface area contributed by atoms with Crippen molar-refractivity contribution in [2.75, 3.05) is 12.8 Å². The molecular weight excluding hydrogens is 333 g/mol. The molecule has 0 spiro atoms. The third kappa shape index (κ3) is 3.49. The summed E-state index contributed by atoms with van der Waals surface area (Å²) < 4.78 is 5.19. The molecule has 3 rings (SSSR count). The average molecular weight is 348 g/mol. The first-order valence-corrected chi connectivity index (χ1v) is 7.86. The van der Waals surface area contributed by atoms with Gasteiger partial charge in [0.25, 0.3) is 0 Å². The fourth-order valence-electron chi connectivity index (χ4n) is 2.40. The molecule has 23 heavy (non-hydrogen) atoms. The van der Waals surface area contributed by atoms with Crippen molar-refractivity contribution in [3.63, 3.8) is 0 Å². The molecule has 0 atom stereocenters. The molecule has 0 amide bonds. The fourth-order valence-corrected chi connectivity index (χ4v) is 2.85. The summed E-state index contributed by atoms with van der Waals surface area (Å²) in [6.07, 6.45) is 1.47. The standard InChI is InChI=1S/C17H15Cl2N3O/c1-23-16-9-15-14(8-12(16)19)21-13(17(20)22-15)6-5-10-3-2-4-11(18)7-10/h2-4,7-9H,5-6H2,1H3,(H2,20,22). The van der Waals surface area contributed by atoms with E-state index in [4.69, 9.17) is 33.7 Å². The Kier molecular flexibility index (Phi) is 4.55. The molecule has 6 heteroatoms. The predicted octanol–water partition coefficient (Wildman–Crippen LogP) is 4.31. The van der Waals surface area contributed by atoms with Gasteiger partial charge in [0.2, 0.25) is 0 Å². The van der Waals surface area contributed by atoms with Crippen molar-refractivity contribution in [2.45, 2.75) is 12.8 Å². The number of nitrogen functional groups attached to an aromatic ring is 1. The molecular formula is C17H15Cl2N3O. The summed E-state index contributed by atoms with van der Waals surface area (Å²) in [6.45, 7) is 0. The first-order chi connectivity index (χ1) is 11.1. The summed E-state index contributed by atoms with van der Waals surface area (Å²) in [4.78, 5) is 8.99. The molecule has 2 N–H and O–H groups in total. The van der Waals surface area contributed by atoms with Gasteiger partial charge in [-0.15, -0.1) is 0 Å². The Balaban J connectivity index is 1.90. The molecule has 3 aromatic rings. The Labute approximate surface area is 144 Å². The highest BCUT2D eigenvalue weighted by Crippen LogP contribution is 2.29. The van der Waals surface area contributed by atoms with Crippen LogP contribution in [0.2, 0.25) is 10.0 Å².